The van der Waals surface area contributed by atoms with E-state index in [-0.39, 0.29) is 0 Å². The summed E-state index contributed by atoms with van der Waals surface area (Å²) in [5.74, 6) is 0. The average molecular weight is 656 g/mol. The van der Waals surface area contributed by atoms with E-state index in [4.69, 9.17) is 0 Å². The molecule has 2 aliphatic rings. The summed E-state index contributed by atoms with van der Waals surface area (Å²) < 4.78 is 3.75. The fourth-order valence-corrected chi connectivity index (χ4v) is 35.3. The Hall–Kier alpha value is 1.39. The number of allylic oxidation sites excluding steroid dienone is 8. The number of rotatable bonds is 8. The average Bonchev–Trinajstić information content (AvgIpc) is 3.09. The molecular weight excluding hydrogens is 613 g/mol. The van der Waals surface area contributed by atoms with Gasteiger partial charge in [-0.25, -0.2) is 0 Å². The van der Waals surface area contributed by atoms with Crippen molar-refractivity contribution >= 4 is 69.9 Å². The van der Waals surface area contributed by atoms with E-state index in [1.165, 1.54) is 0 Å². The molecule has 2 aliphatic carbocycles. The van der Waals surface area contributed by atoms with Crippen LogP contribution in [-0.4, -0.2) is 69.9 Å². The second-order valence-corrected chi connectivity index (χ2v) is 49.4. The molecule has 0 aromatic heterocycles. The molecule has 7 heteroatoms. The normalized spacial score (nSPS) is 23.7. The van der Waals surface area contributed by atoms with Gasteiger partial charge < -0.3 is 0 Å². The summed E-state index contributed by atoms with van der Waals surface area (Å²) in [5.41, 5.74) is 1.64. The van der Waals surface area contributed by atoms with Crippen molar-refractivity contribution < 1.29 is 0 Å². The van der Waals surface area contributed by atoms with Crippen LogP contribution < -0.4 is 0 Å². The molecule has 0 fully saturated rings. The van der Waals surface area contributed by atoms with Crippen molar-refractivity contribution in [2.24, 2.45) is 0 Å². The molecule has 0 aromatic rings. The summed E-state index contributed by atoms with van der Waals surface area (Å²) in [6.45, 7) is 30.6. The summed E-state index contributed by atoms with van der Waals surface area (Å²) in [4.78, 5) is 0. The Bertz CT molecular complexity index is 687. The molecule has 0 heterocycles. The third-order valence-electron chi connectivity index (χ3n) is 5.76. The Morgan fingerprint density at radius 2 is 0.862 bits per heavy atom. The molecule has 0 saturated heterocycles. The Balaban J connectivity index is 2.14. The maximum atomic E-state index is 2.73. The van der Waals surface area contributed by atoms with Crippen LogP contribution >= 0.6 is 0 Å². The molecule has 0 nitrogen and oxygen atoms in total. The van der Waals surface area contributed by atoms with Crippen LogP contribution in [0.4, 0.5) is 0 Å². The van der Waals surface area contributed by atoms with Crippen LogP contribution in [0.2, 0.25) is 89.6 Å². The van der Waals surface area contributed by atoms with E-state index in [9.17, 15) is 0 Å². The molecule has 0 aliphatic heterocycles. The van der Waals surface area contributed by atoms with Crippen molar-refractivity contribution in [3.8, 4) is 0 Å². The maximum absolute atomic E-state index is 2.73. The first-order chi connectivity index (χ1) is 12.9. The first kappa shape index (κ1) is 26.6. The molecule has 164 valence electrons. The quantitative estimate of drug-likeness (QED) is 0.254. The topological polar surface area (TPSA) is 0 Å². The minimum atomic E-state index is -1.20. The van der Waals surface area contributed by atoms with E-state index in [2.05, 4.69) is 103 Å². The van der Waals surface area contributed by atoms with Gasteiger partial charge in [-0.1, -0.05) is 0 Å². The van der Waals surface area contributed by atoms with Gasteiger partial charge >= 0.3 is 203 Å². The van der Waals surface area contributed by atoms with Crippen molar-refractivity contribution in [3.05, 3.63) is 43.6 Å². The Labute approximate surface area is 201 Å². The molecule has 2 rings (SSSR count). The zero-order valence-electron chi connectivity index (χ0n) is 20.7. The predicted octanol–water partition coefficient (Wildman–Crippen LogP) is 6.75. The van der Waals surface area contributed by atoms with E-state index in [0.717, 1.165) is 48.7 Å². The zero-order chi connectivity index (χ0) is 22.4. The molecule has 0 radical (unpaired) electrons. The summed E-state index contributed by atoms with van der Waals surface area (Å²) in [6, 6.07) is 0. The van der Waals surface area contributed by atoms with E-state index < -0.39 is 32.3 Å². The Morgan fingerprint density at radius 3 is 1.10 bits per heavy atom. The van der Waals surface area contributed by atoms with Crippen LogP contribution in [0.15, 0.2) is 43.6 Å². The molecule has 0 saturated carbocycles. The monoisotopic (exact) mass is 658 g/mol. The van der Waals surface area contributed by atoms with E-state index >= 15 is 0 Å². The van der Waals surface area contributed by atoms with Crippen LogP contribution in [0.1, 0.15) is 0 Å². The summed E-state index contributed by atoms with van der Waals surface area (Å²) in [7, 11) is -4.74. The van der Waals surface area contributed by atoms with Gasteiger partial charge in [-0.3, -0.25) is 0 Å². The summed E-state index contributed by atoms with van der Waals surface area (Å²) in [6.07, 6.45) is 10.8. The van der Waals surface area contributed by atoms with Crippen molar-refractivity contribution in [1.29, 1.82) is 0 Å². The second-order valence-electron chi connectivity index (χ2n) is 12.8. The van der Waals surface area contributed by atoms with Crippen molar-refractivity contribution in [2.75, 3.05) is 0 Å². The van der Waals surface area contributed by atoms with Crippen molar-refractivity contribution in [3.63, 3.8) is 0 Å². The van der Waals surface area contributed by atoms with Crippen LogP contribution in [0.25, 0.3) is 0 Å². The zero-order valence-corrected chi connectivity index (χ0v) is 29.8. The molecular formula is C22H42Se3Si4. The predicted molar refractivity (Wildman–Crippen MR) is 150 cm³/mol. The second kappa shape index (κ2) is 9.33. The first-order valence-corrected chi connectivity index (χ1v) is 35.3. The summed E-state index contributed by atoms with van der Waals surface area (Å²) >= 11 is 2.30. The van der Waals surface area contributed by atoms with Crippen molar-refractivity contribution in [1.82, 2.24) is 0 Å². The number of hydrogen-bond donors (Lipinski definition) is 0. The van der Waals surface area contributed by atoms with Gasteiger partial charge in [-0.2, -0.15) is 0 Å². The molecule has 2 unspecified atom stereocenters. The molecule has 0 bridgehead atoms. The molecule has 0 amide bonds. The van der Waals surface area contributed by atoms with Crippen LogP contribution in [0, 0.1) is 0 Å². The van der Waals surface area contributed by atoms with Gasteiger partial charge in [-0.05, 0) is 0 Å². The van der Waals surface area contributed by atoms with Gasteiger partial charge in [0.1, 0.15) is 0 Å². The molecule has 29 heavy (non-hydrogen) atoms. The van der Waals surface area contributed by atoms with Gasteiger partial charge in [0.15, 0.2) is 0 Å². The van der Waals surface area contributed by atoms with E-state index in [0.29, 0.717) is 0 Å². The van der Waals surface area contributed by atoms with Crippen LogP contribution in [0.3, 0.4) is 0 Å². The third-order valence-corrected chi connectivity index (χ3v) is 31.5. The molecule has 0 N–H and O–H groups in total. The standard InChI is InChI=1S/C22H42Se3Si4/c1-26(2,3)17-13-19(21(15-17)28(7,8)9)23-25-24-20-14-18(27(4,5)6)16-22(20)29(10,11)12/h13-16,21-22H,1-12H3. The fourth-order valence-electron chi connectivity index (χ4n) is 3.64. The van der Waals surface area contributed by atoms with E-state index in [1.54, 1.807) is 10.4 Å². The van der Waals surface area contributed by atoms with Crippen LogP contribution in [0.5, 0.6) is 0 Å². The fraction of sp³-hybridized carbons (Fsp3) is 0.636. The van der Waals surface area contributed by atoms with Gasteiger partial charge in [0.25, 0.3) is 0 Å². The number of hydrogen-bond acceptors (Lipinski definition) is 0. The Kier molecular flexibility index (Phi) is 8.57. The summed E-state index contributed by atoms with van der Waals surface area (Å²) in [5, 5.41) is 3.49. The van der Waals surface area contributed by atoms with Gasteiger partial charge in [0.2, 0.25) is 0 Å². The van der Waals surface area contributed by atoms with Gasteiger partial charge in [0.05, 0.1) is 0 Å². The van der Waals surface area contributed by atoms with Gasteiger partial charge in [0, 0.05) is 0 Å². The van der Waals surface area contributed by atoms with Crippen molar-refractivity contribution in [2.45, 2.75) is 89.6 Å². The van der Waals surface area contributed by atoms with Gasteiger partial charge in [-0.15, -0.1) is 0 Å². The van der Waals surface area contributed by atoms with E-state index in [1.807, 2.05) is 8.94 Å². The molecule has 2 atom stereocenters. The van der Waals surface area contributed by atoms with Crippen LogP contribution in [-0.2, 0) is 0 Å². The SMILES string of the molecule is C[Si](C)(C)C1=CC([Si](C)(C)C)C([Se][Se][Se]C2=CC([Si](C)(C)C)=CC2[Si](C)(C)C)=C1. The first-order valence-electron chi connectivity index (χ1n) is 10.8. The third kappa shape index (κ3) is 7.18. The molecule has 0 spiro atoms. The minimum absolute atomic E-state index is 0.739. The molecule has 0 aromatic carbocycles. The Morgan fingerprint density at radius 1 is 0.552 bits per heavy atom.